The highest BCUT2D eigenvalue weighted by Gasteiger charge is 2.35. The number of sulfonamides is 1. The zero-order valence-electron chi connectivity index (χ0n) is 25.5. The maximum absolute atomic E-state index is 14.5. The van der Waals surface area contributed by atoms with E-state index >= 15 is 0 Å². The zero-order valence-corrected chi connectivity index (χ0v) is 27.9. The van der Waals surface area contributed by atoms with Gasteiger partial charge in [0.15, 0.2) is 0 Å². The lowest BCUT2D eigenvalue weighted by Gasteiger charge is -2.34. The number of nitrogens with zero attached hydrogens (tertiary/aromatic N) is 2. The Morgan fingerprint density at radius 1 is 0.889 bits per heavy atom. The van der Waals surface area contributed by atoms with Crippen LogP contribution in [0.1, 0.15) is 37.0 Å². The summed E-state index contributed by atoms with van der Waals surface area (Å²) < 4.78 is 43.7. The molecule has 0 aliphatic carbocycles. The van der Waals surface area contributed by atoms with Crippen molar-refractivity contribution in [2.75, 3.05) is 10.8 Å². The van der Waals surface area contributed by atoms with Crippen molar-refractivity contribution in [3.8, 4) is 0 Å². The molecule has 0 spiro atoms. The van der Waals surface area contributed by atoms with Crippen LogP contribution in [0.2, 0.25) is 0 Å². The van der Waals surface area contributed by atoms with E-state index in [9.17, 15) is 22.4 Å². The summed E-state index contributed by atoms with van der Waals surface area (Å²) in [5.74, 6) is -1.38. The second kappa shape index (κ2) is 15.3. The van der Waals surface area contributed by atoms with Crippen LogP contribution in [0, 0.1) is 12.7 Å². The monoisotopic (exact) mass is 693 g/mol. The molecule has 10 heteroatoms. The number of carbonyl (C=O) groups is 2. The Hall–Kier alpha value is -4.02. The molecule has 1 N–H and O–H groups in total. The average Bonchev–Trinajstić information content (AvgIpc) is 3.02. The SMILES string of the molecule is CC[C@H](C)NC(=O)[C@H](Cc1ccccc1)N(Cc1ccc(F)cc1)C(=O)CN(c1cccc(Br)c1)S(=O)(=O)c1ccc(C)cc1. The van der Waals surface area contributed by atoms with Crippen LogP contribution < -0.4 is 9.62 Å². The molecule has 0 aromatic heterocycles. The Labute approximate surface area is 273 Å². The number of carbonyl (C=O) groups excluding carboxylic acids is 2. The summed E-state index contributed by atoms with van der Waals surface area (Å²) in [6, 6.07) is 27.0. The molecule has 0 radical (unpaired) electrons. The molecular formula is C35H37BrFN3O4S. The number of benzene rings is 4. The summed E-state index contributed by atoms with van der Waals surface area (Å²) in [5, 5.41) is 3.00. The zero-order chi connectivity index (χ0) is 32.6. The van der Waals surface area contributed by atoms with Crippen LogP contribution in [-0.4, -0.2) is 43.8 Å². The Bertz CT molecular complexity index is 1700. The van der Waals surface area contributed by atoms with Crippen molar-refractivity contribution < 1.29 is 22.4 Å². The maximum atomic E-state index is 14.5. The Morgan fingerprint density at radius 3 is 2.18 bits per heavy atom. The normalized spacial score (nSPS) is 12.6. The van der Waals surface area contributed by atoms with E-state index < -0.39 is 34.3 Å². The van der Waals surface area contributed by atoms with Gasteiger partial charge in [0.1, 0.15) is 18.4 Å². The first-order chi connectivity index (χ1) is 21.5. The maximum Gasteiger partial charge on any atom is 0.264 e. The minimum Gasteiger partial charge on any atom is -0.352 e. The predicted octanol–water partition coefficient (Wildman–Crippen LogP) is 6.65. The largest absolute Gasteiger partial charge is 0.352 e. The minimum absolute atomic E-state index is 0.0290. The van der Waals surface area contributed by atoms with Crippen LogP contribution in [-0.2, 0) is 32.6 Å². The molecule has 0 saturated heterocycles. The Balaban J connectivity index is 1.80. The van der Waals surface area contributed by atoms with E-state index in [-0.39, 0.29) is 35.5 Å². The van der Waals surface area contributed by atoms with Crippen LogP contribution in [0.4, 0.5) is 10.1 Å². The van der Waals surface area contributed by atoms with E-state index in [1.54, 1.807) is 48.5 Å². The molecule has 236 valence electrons. The van der Waals surface area contributed by atoms with E-state index in [1.165, 1.54) is 29.2 Å². The van der Waals surface area contributed by atoms with Gasteiger partial charge in [-0.25, -0.2) is 12.8 Å². The smallest absolute Gasteiger partial charge is 0.264 e. The molecule has 4 aromatic rings. The van der Waals surface area contributed by atoms with Gasteiger partial charge in [0, 0.05) is 23.5 Å². The number of nitrogens with one attached hydrogen (secondary N) is 1. The number of amides is 2. The Kier molecular flexibility index (Phi) is 11.5. The number of hydrogen-bond acceptors (Lipinski definition) is 4. The molecule has 45 heavy (non-hydrogen) atoms. The molecule has 0 fully saturated rings. The van der Waals surface area contributed by atoms with Crippen LogP contribution in [0.3, 0.4) is 0 Å². The van der Waals surface area contributed by atoms with Gasteiger partial charge >= 0.3 is 0 Å². The molecule has 4 rings (SSSR count). The van der Waals surface area contributed by atoms with E-state index in [0.29, 0.717) is 16.5 Å². The van der Waals surface area contributed by atoms with Gasteiger partial charge in [0.05, 0.1) is 10.6 Å². The third-order valence-corrected chi connectivity index (χ3v) is 9.80. The molecule has 0 unspecified atom stereocenters. The minimum atomic E-state index is -4.21. The number of aryl methyl sites for hydroxylation is 1. The number of halogens is 2. The summed E-state index contributed by atoms with van der Waals surface area (Å²) in [4.78, 5) is 29.7. The van der Waals surface area contributed by atoms with Crippen LogP contribution >= 0.6 is 15.9 Å². The van der Waals surface area contributed by atoms with Crippen LogP contribution in [0.25, 0.3) is 0 Å². The second-order valence-electron chi connectivity index (χ2n) is 11.0. The fourth-order valence-corrected chi connectivity index (χ4v) is 6.57. The number of anilines is 1. The molecular weight excluding hydrogens is 657 g/mol. The quantitative estimate of drug-likeness (QED) is 0.170. The molecule has 2 atom stereocenters. The van der Waals surface area contributed by atoms with Gasteiger partial charge in [0.2, 0.25) is 11.8 Å². The highest BCUT2D eigenvalue weighted by molar-refractivity contribution is 9.10. The third kappa shape index (κ3) is 9.02. The standard InChI is InChI=1S/C35H37BrFN3O4S/c1-4-26(3)38-35(42)33(21-27-9-6-5-7-10-27)39(23-28-15-17-30(37)18-16-28)34(41)24-40(31-12-8-11-29(36)22-31)45(43,44)32-19-13-25(2)14-20-32/h5-20,22,26,33H,4,21,23-24H2,1-3H3,(H,38,42)/t26-,33-/m0/s1. The molecule has 0 heterocycles. The molecule has 0 saturated carbocycles. The van der Waals surface area contributed by atoms with Crippen LogP contribution in [0.5, 0.6) is 0 Å². The molecule has 0 bridgehead atoms. The van der Waals surface area contributed by atoms with Crippen molar-refractivity contribution in [3.63, 3.8) is 0 Å². The highest BCUT2D eigenvalue weighted by atomic mass is 79.9. The summed E-state index contributed by atoms with van der Waals surface area (Å²) >= 11 is 3.42. The van der Waals surface area contributed by atoms with Gasteiger partial charge in [-0.05, 0) is 73.9 Å². The van der Waals surface area contributed by atoms with Crippen molar-refractivity contribution in [1.82, 2.24) is 10.2 Å². The lowest BCUT2D eigenvalue weighted by atomic mass is 10.0. The van der Waals surface area contributed by atoms with Gasteiger partial charge in [-0.15, -0.1) is 0 Å². The fraction of sp³-hybridized carbons (Fsp3) is 0.257. The van der Waals surface area contributed by atoms with Gasteiger partial charge in [-0.3, -0.25) is 13.9 Å². The van der Waals surface area contributed by atoms with Gasteiger partial charge in [-0.1, -0.05) is 89.1 Å². The topological polar surface area (TPSA) is 86.8 Å². The van der Waals surface area contributed by atoms with E-state index in [1.807, 2.05) is 51.1 Å². The number of rotatable bonds is 13. The van der Waals surface area contributed by atoms with Gasteiger partial charge in [0.25, 0.3) is 10.0 Å². The second-order valence-corrected chi connectivity index (χ2v) is 13.8. The first kappa shape index (κ1) is 33.9. The molecule has 4 aromatic carbocycles. The lowest BCUT2D eigenvalue weighted by Crippen LogP contribution is -2.54. The van der Waals surface area contributed by atoms with Crippen molar-refractivity contribution in [2.45, 2.75) is 57.1 Å². The average molecular weight is 695 g/mol. The summed E-state index contributed by atoms with van der Waals surface area (Å²) in [6.07, 6.45) is 0.874. The van der Waals surface area contributed by atoms with Gasteiger partial charge in [-0.2, -0.15) is 0 Å². The molecule has 0 aliphatic rings. The molecule has 7 nitrogen and oxygen atoms in total. The predicted molar refractivity (Wildman–Crippen MR) is 179 cm³/mol. The summed E-state index contributed by atoms with van der Waals surface area (Å²) in [7, 11) is -4.21. The highest BCUT2D eigenvalue weighted by Crippen LogP contribution is 2.27. The van der Waals surface area contributed by atoms with Crippen molar-refractivity contribution in [3.05, 3.63) is 130 Å². The fourth-order valence-electron chi connectivity index (χ4n) is 4.78. The van der Waals surface area contributed by atoms with Crippen molar-refractivity contribution in [1.29, 1.82) is 0 Å². The summed E-state index contributed by atoms with van der Waals surface area (Å²) in [5.41, 5.74) is 2.59. The van der Waals surface area contributed by atoms with Crippen molar-refractivity contribution >= 4 is 43.5 Å². The van der Waals surface area contributed by atoms with E-state index in [4.69, 9.17) is 0 Å². The summed E-state index contributed by atoms with van der Waals surface area (Å²) in [6.45, 7) is 5.07. The van der Waals surface area contributed by atoms with Crippen molar-refractivity contribution in [2.24, 2.45) is 0 Å². The molecule has 2 amide bonds. The first-order valence-electron chi connectivity index (χ1n) is 14.7. The van der Waals surface area contributed by atoms with E-state index in [2.05, 4.69) is 21.2 Å². The van der Waals surface area contributed by atoms with E-state index in [0.717, 1.165) is 15.4 Å². The number of hydrogen-bond donors (Lipinski definition) is 1. The third-order valence-electron chi connectivity index (χ3n) is 7.52. The Morgan fingerprint density at radius 2 is 1.56 bits per heavy atom. The molecule has 0 aliphatic heterocycles. The lowest BCUT2D eigenvalue weighted by molar-refractivity contribution is -0.140. The first-order valence-corrected chi connectivity index (χ1v) is 16.9. The van der Waals surface area contributed by atoms with Crippen LogP contribution in [0.15, 0.2) is 112 Å². The van der Waals surface area contributed by atoms with Gasteiger partial charge < -0.3 is 10.2 Å².